The molecule has 7 heteroatoms. The lowest BCUT2D eigenvalue weighted by Crippen LogP contribution is -2.10. The molecule has 0 atom stereocenters. The largest absolute Gasteiger partial charge is 0.490 e. The van der Waals surface area contributed by atoms with Gasteiger partial charge in [0.05, 0.1) is 13.2 Å². The van der Waals surface area contributed by atoms with Gasteiger partial charge >= 0.3 is 0 Å². The first-order valence-corrected chi connectivity index (χ1v) is 8.51. The monoisotopic (exact) mass is 341 g/mol. The molecule has 3 aromatic rings. The van der Waals surface area contributed by atoms with E-state index in [4.69, 9.17) is 9.47 Å². The lowest BCUT2D eigenvalue weighted by Gasteiger charge is -2.13. The summed E-state index contributed by atoms with van der Waals surface area (Å²) in [6, 6.07) is 8.04. The molecule has 0 aliphatic heterocycles. The van der Waals surface area contributed by atoms with E-state index in [9.17, 15) is 0 Å². The van der Waals surface area contributed by atoms with E-state index in [1.807, 2.05) is 39.0 Å². The maximum atomic E-state index is 5.68. The third-order valence-corrected chi connectivity index (χ3v) is 3.71. The second-order valence-corrected chi connectivity index (χ2v) is 5.58. The predicted molar refractivity (Wildman–Crippen MR) is 96.5 cm³/mol. The smallest absolute Gasteiger partial charge is 0.254 e. The second-order valence-electron chi connectivity index (χ2n) is 5.58. The number of hydrogen-bond donors (Lipinski definition) is 1. The van der Waals surface area contributed by atoms with E-state index in [1.165, 1.54) is 11.9 Å². The molecule has 0 unspecified atom stereocenters. The molecule has 2 aromatic heterocycles. The molecular weight excluding hydrogens is 318 g/mol. The molecule has 3 rings (SSSR count). The summed E-state index contributed by atoms with van der Waals surface area (Å²) in [5.41, 5.74) is 2.09. The van der Waals surface area contributed by atoms with Gasteiger partial charge in [-0.05, 0) is 44.9 Å². The van der Waals surface area contributed by atoms with Crippen LogP contribution in [-0.2, 0) is 6.42 Å². The highest BCUT2D eigenvalue weighted by Gasteiger charge is 2.08. The SMILES string of the molecule is CCOc1ccc(CCNc2cc(C)nc3ncnn23)cc1OCC. The van der Waals surface area contributed by atoms with Crippen LogP contribution < -0.4 is 14.8 Å². The molecule has 0 aliphatic rings. The van der Waals surface area contributed by atoms with Gasteiger partial charge in [-0.15, -0.1) is 0 Å². The first kappa shape index (κ1) is 17.0. The zero-order valence-corrected chi connectivity index (χ0v) is 14.8. The number of hydrogen-bond acceptors (Lipinski definition) is 6. The average Bonchev–Trinajstić information content (AvgIpc) is 3.06. The number of aryl methyl sites for hydroxylation is 1. The van der Waals surface area contributed by atoms with Crippen molar-refractivity contribution in [3.8, 4) is 11.5 Å². The summed E-state index contributed by atoms with van der Waals surface area (Å²) < 4.78 is 13.0. The molecule has 7 nitrogen and oxygen atoms in total. The molecule has 2 heterocycles. The van der Waals surface area contributed by atoms with Crippen molar-refractivity contribution in [1.82, 2.24) is 19.6 Å². The Kier molecular flexibility index (Phi) is 5.33. The van der Waals surface area contributed by atoms with Crippen LogP contribution in [0.25, 0.3) is 5.78 Å². The first-order valence-electron chi connectivity index (χ1n) is 8.51. The minimum Gasteiger partial charge on any atom is -0.490 e. The Bertz CT molecular complexity index is 847. The Balaban J connectivity index is 1.69. The van der Waals surface area contributed by atoms with Gasteiger partial charge < -0.3 is 14.8 Å². The lowest BCUT2D eigenvalue weighted by molar-refractivity contribution is 0.287. The minimum absolute atomic E-state index is 0.599. The molecule has 0 spiro atoms. The van der Waals surface area contributed by atoms with E-state index in [1.54, 1.807) is 4.52 Å². The van der Waals surface area contributed by atoms with E-state index in [-0.39, 0.29) is 0 Å². The number of fused-ring (bicyclic) bond motifs is 1. The fourth-order valence-electron chi connectivity index (χ4n) is 2.64. The summed E-state index contributed by atoms with van der Waals surface area (Å²) in [6.45, 7) is 7.88. The molecule has 0 radical (unpaired) electrons. The molecule has 0 fully saturated rings. The molecule has 132 valence electrons. The van der Waals surface area contributed by atoms with Gasteiger partial charge in [-0.1, -0.05) is 6.07 Å². The molecule has 0 saturated carbocycles. The van der Waals surface area contributed by atoms with Gasteiger partial charge in [0.25, 0.3) is 5.78 Å². The standard InChI is InChI=1S/C18H23N5O2/c1-4-24-15-7-6-14(11-16(15)25-5-2)8-9-19-17-10-13(3)22-18-20-12-21-23(17)18/h6-7,10-12,19H,4-5,8-9H2,1-3H3. The van der Waals surface area contributed by atoms with Gasteiger partial charge in [-0.25, -0.2) is 4.98 Å². The minimum atomic E-state index is 0.599. The van der Waals surface area contributed by atoms with Crippen molar-refractivity contribution in [3.05, 3.63) is 41.9 Å². The van der Waals surface area contributed by atoms with Gasteiger partial charge in [0.1, 0.15) is 12.1 Å². The number of aromatic nitrogens is 4. The summed E-state index contributed by atoms with van der Waals surface area (Å²) in [7, 11) is 0. The quantitative estimate of drug-likeness (QED) is 0.679. The zero-order chi connectivity index (χ0) is 17.6. The van der Waals surface area contributed by atoms with Gasteiger partial charge in [-0.3, -0.25) is 0 Å². The molecule has 0 amide bonds. The Morgan fingerprint density at radius 1 is 1.08 bits per heavy atom. The highest BCUT2D eigenvalue weighted by atomic mass is 16.5. The summed E-state index contributed by atoms with van der Waals surface area (Å²) in [5, 5.41) is 7.60. The first-order chi connectivity index (χ1) is 12.2. The molecule has 1 aromatic carbocycles. The number of anilines is 1. The van der Waals surface area contributed by atoms with E-state index in [0.717, 1.165) is 36.0 Å². The third-order valence-electron chi connectivity index (χ3n) is 3.71. The molecule has 0 bridgehead atoms. The average molecular weight is 341 g/mol. The van der Waals surface area contributed by atoms with Gasteiger partial charge in [0.2, 0.25) is 0 Å². The number of ether oxygens (including phenoxy) is 2. The molecule has 0 saturated heterocycles. The highest BCUT2D eigenvalue weighted by Crippen LogP contribution is 2.28. The van der Waals surface area contributed by atoms with E-state index < -0.39 is 0 Å². The van der Waals surface area contributed by atoms with Crippen molar-refractivity contribution in [1.29, 1.82) is 0 Å². The van der Waals surface area contributed by atoms with Gasteiger partial charge in [-0.2, -0.15) is 14.6 Å². The maximum Gasteiger partial charge on any atom is 0.254 e. The molecular formula is C18H23N5O2. The summed E-state index contributed by atoms with van der Waals surface area (Å²) in [6.07, 6.45) is 2.36. The van der Waals surface area contributed by atoms with Crippen molar-refractivity contribution >= 4 is 11.6 Å². The Hall–Kier alpha value is -2.83. The zero-order valence-electron chi connectivity index (χ0n) is 14.8. The molecule has 1 N–H and O–H groups in total. The Morgan fingerprint density at radius 2 is 1.88 bits per heavy atom. The van der Waals surface area contributed by atoms with Crippen LogP contribution in [0.1, 0.15) is 25.1 Å². The van der Waals surface area contributed by atoms with Crippen molar-refractivity contribution in [2.75, 3.05) is 25.1 Å². The predicted octanol–water partition coefficient (Wildman–Crippen LogP) is 2.88. The van der Waals surface area contributed by atoms with Crippen LogP contribution in [0.3, 0.4) is 0 Å². The van der Waals surface area contributed by atoms with Crippen molar-refractivity contribution < 1.29 is 9.47 Å². The fourth-order valence-corrected chi connectivity index (χ4v) is 2.64. The molecule has 0 aliphatic carbocycles. The van der Waals surface area contributed by atoms with Crippen LogP contribution in [0, 0.1) is 6.92 Å². The number of nitrogens with zero attached hydrogens (tertiary/aromatic N) is 4. The topological polar surface area (TPSA) is 73.6 Å². The third kappa shape index (κ3) is 3.99. The number of rotatable bonds is 8. The summed E-state index contributed by atoms with van der Waals surface area (Å²) in [4.78, 5) is 8.48. The van der Waals surface area contributed by atoms with Crippen LogP contribution in [-0.4, -0.2) is 39.3 Å². The van der Waals surface area contributed by atoms with Crippen molar-refractivity contribution in [3.63, 3.8) is 0 Å². The molecule has 25 heavy (non-hydrogen) atoms. The number of nitrogens with one attached hydrogen (secondary N) is 1. The van der Waals surface area contributed by atoms with Crippen LogP contribution in [0.5, 0.6) is 11.5 Å². The van der Waals surface area contributed by atoms with Crippen LogP contribution in [0.15, 0.2) is 30.6 Å². The highest BCUT2D eigenvalue weighted by molar-refractivity contribution is 5.46. The Labute approximate surface area is 147 Å². The van der Waals surface area contributed by atoms with Crippen LogP contribution >= 0.6 is 0 Å². The normalized spacial score (nSPS) is 10.8. The van der Waals surface area contributed by atoms with Crippen molar-refractivity contribution in [2.24, 2.45) is 0 Å². The number of benzene rings is 1. The lowest BCUT2D eigenvalue weighted by atomic mass is 10.1. The Morgan fingerprint density at radius 3 is 2.68 bits per heavy atom. The van der Waals surface area contributed by atoms with E-state index in [0.29, 0.717) is 19.0 Å². The van der Waals surface area contributed by atoms with E-state index >= 15 is 0 Å². The van der Waals surface area contributed by atoms with E-state index in [2.05, 4.69) is 26.4 Å². The van der Waals surface area contributed by atoms with Gasteiger partial charge in [0.15, 0.2) is 11.5 Å². The van der Waals surface area contributed by atoms with Crippen molar-refractivity contribution in [2.45, 2.75) is 27.2 Å². The van der Waals surface area contributed by atoms with Gasteiger partial charge in [0, 0.05) is 18.3 Å². The fraction of sp³-hybridized carbons (Fsp3) is 0.389. The second kappa shape index (κ2) is 7.83. The maximum absolute atomic E-state index is 5.68. The van der Waals surface area contributed by atoms with Crippen LogP contribution in [0.2, 0.25) is 0 Å². The summed E-state index contributed by atoms with van der Waals surface area (Å²) in [5.74, 6) is 3.06. The van der Waals surface area contributed by atoms with Crippen LogP contribution in [0.4, 0.5) is 5.82 Å². The summed E-state index contributed by atoms with van der Waals surface area (Å²) >= 11 is 0.